The normalized spacial score (nSPS) is 21.9. The van der Waals surface area contributed by atoms with Crippen LogP contribution in [0.3, 0.4) is 0 Å². The van der Waals surface area contributed by atoms with Gasteiger partial charge in [0.15, 0.2) is 0 Å². The fourth-order valence-electron chi connectivity index (χ4n) is 4.27. The van der Waals surface area contributed by atoms with Crippen molar-refractivity contribution in [3.8, 4) is 0 Å². The third-order valence-electron chi connectivity index (χ3n) is 5.96. The standard InChI is InChI=1S/C22H34N2O3/c1-18-5-7-19(8-6-18)9-14-24(16-20-4-3-15-27-20)21(25)22(17-26-2)10-12-23-13-11-22/h5-8,20,23H,3-4,9-17H2,1-2H3. The predicted octanol–water partition coefficient (Wildman–Crippen LogP) is 2.56. The molecule has 0 aromatic heterocycles. The molecule has 5 heteroatoms. The van der Waals surface area contributed by atoms with Crippen molar-refractivity contribution in [1.82, 2.24) is 10.2 Å². The Kier molecular flexibility index (Phi) is 7.27. The van der Waals surface area contributed by atoms with E-state index in [0.717, 1.165) is 58.3 Å². The lowest BCUT2D eigenvalue weighted by Crippen LogP contribution is -2.53. The quantitative estimate of drug-likeness (QED) is 0.760. The topological polar surface area (TPSA) is 50.8 Å². The average Bonchev–Trinajstić information content (AvgIpc) is 3.20. The summed E-state index contributed by atoms with van der Waals surface area (Å²) < 4.78 is 11.3. The highest BCUT2D eigenvalue weighted by Crippen LogP contribution is 2.32. The molecule has 0 spiro atoms. The lowest BCUT2D eigenvalue weighted by Gasteiger charge is -2.40. The number of ether oxygens (including phenoxy) is 2. The molecule has 1 amide bonds. The number of hydrogen-bond acceptors (Lipinski definition) is 4. The molecule has 27 heavy (non-hydrogen) atoms. The second-order valence-electron chi connectivity index (χ2n) is 8.09. The van der Waals surface area contributed by atoms with Crippen molar-refractivity contribution in [1.29, 1.82) is 0 Å². The third kappa shape index (κ3) is 5.31. The Morgan fingerprint density at radius 3 is 2.67 bits per heavy atom. The summed E-state index contributed by atoms with van der Waals surface area (Å²) in [4.78, 5) is 15.7. The molecule has 2 aliphatic heterocycles. The van der Waals surface area contributed by atoms with Gasteiger partial charge < -0.3 is 19.7 Å². The zero-order valence-corrected chi connectivity index (χ0v) is 16.8. The van der Waals surface area contributed by atoms with E-state index < -0.39 is 5.41 Å². The highest BCUT2D eigenvalue weighted by molar-refractivity contribution is 5.83. The molecular formula is C22H34N2O3. The molecule has 0 radical (unpaired) electrons. The fraction of sp³-hybridized carbons (Fsp3) is 0.682. The van der Waals surface area contributed by atoms with Crippen molar-refractivity contribution in [2.45, 2.75) is 45.1 Å². The Bertz CT molecular complexity index is 585. The van der Waals surface area contributed by atoms with E-state index in [1.165, 1.54) is 11.1 Å². The summed E-state index contributed by atoms with van der Waals surface area (Å²) in [6.45, 7) is 6.60. The number of carbonyl (C=O) groups excluding carboxylic acids is 1. The summed E-state index contributed by atoms with van der Waals surface area (Å²) in [6.07, 6.45) is 4.87. The summed E-state index contributed by atoms with van der Waals surface area (Å²) >= 11 is 0. The van der Waals surface area contributed by atoms with Gasteiger partial charge in [-0.25, -0.2) is 0 Å². The number of carbonyl (C=O) groups is 1. The van der Waals surface area contributed by atoms with Gasteiger partial charge in [-0.3, -0.25) is 4.79 Å². The number of nitrogens with zero attached hydrogens (tertiary/aromatic N) is 1. The van der Waals surface area contributed by atoms with Crippen LogP contribution in [0.2, 0.25) is 0 Å². The number of amides is 1. The number of piperidine rings is 1. The predicted molar refractivity (Wildman–Crippen MR) is 107 cm³/mol. The molecule has 0 aliphatic carbocycles. The number of methoxy groups -OCH3 is 1. The van der Waals surface area contributed by atoms with Gasteiger partial charge in [0.1, 0.15) is 0 Å². The molecule has 1 aromatic rings. The lowest BCUT2D eigenvalue weighted by molar-refractivity contribution is -0.149. The van der Waals surface area contributed by atoms with Crippen LogP contribution in [0.4, 0.5) is 0 Å². The Hall–Kier alpha value is -1.43. The third-order valence-corrected chi connectivity index (χ3v) is 5.96. The summed E-state index contributed by atoms with van der Waals surface area (Å²) in [5.41, 5.74) is 2.14. The van der Waals surface area contributed by atoms with Crippen molar-refractivity contribution in [2.24, 2.45) is 5.41 Å². The van der Waals surface area contributed by atoms with E-state index in [0.29, 0.717) is 13.2 Å². The maximum absolute atomic E-state index is 13.6. The zero-order valence-electron chi connectivity index (χ0n) is 16.8. The smallest absolute Gasteiger partial charge is 0.231 e. The van der Waals surface area contributed by atoms with Gasteiger partial charge in [-0.1, -0.05) is 29.8 Å². The van der Waals surface area contributed by atoms with E-state index in [9.17, 15) is 4.79 Å². The van der Waals surface area contributed by atoms with E-state index in [2.05, 4.69) is 41.4 Å². The second-order valence-corrected chi connectivity index (χ2v) is 8.09. The number of aryl methyl sites for hydroxylation is 1. The lowest BCUT2D eigenvalue weighted by atomic mass is 9.78. The minimum absolute atomic E-state index is 0.174. The maximum Gasteiger partial charge on any atom is 0.231 e. The Morgan fingerprint density at radius 2 is 2.04 bits per heavy atom. The van der Waals surface area contributed by atoms with Crippen molar-refractivity contribution in [3.05, 3.63) is 35.4 Å². The first-order chi connectivity index (χ1) is 13.1. The molecule has 1 aromatic carbocycles. The highest BCUT2D eigenvalue weighted by Gasteiger charge is 2.42. The van der Waals surface area contributed by atoms with Crippen LogP contribution in [0.15, 0.2) is 24.3 Å². The largest absolute Gasteiger partial charge is 0.384 e. The Morgan fingerprint density at radius 1 is 1.30 bits per heavy atom. The maximum atomic E-state index is 13.6. The summed E-state index contributed by atoms with van der Waals surface area (Å²) in [5, 5.41) is 3.38. The van der Waals surface area contributed by atoms with Crippen molar-refractivity contribution in [2.75, 3.05) is 46.5 Å². The minimum Gasteiger partial charge on any atom is -0.384 e. The molecule has 3 rings (SSSR count). The monoisotopic (exact) mass is 374 g/mol. The molecule has 1 unspecified atom stereocenters. The molecule has 0 saturated carbocycles. The first-order valence-corrected chi connectivity index (χ1v) is 10.3. The van der Waals surface area contributed by atoms with Crippen LogP contribution in [-0.2, 0) is 20.7 Å². The highest BCUT2D eigenvalue weighted by atomic mass is 16.5. The van der Waals surface area contributed by atoms with E-state index in [1.54, 1.807) is 7.11 Å². The van der Waals surface area contributed by atoms with Crippen LogP contribution in [0.5, 0.6) is 0 Å². The number of nitrogens with one attached hydrogen (secondary N) is 1. The van der Waals surface area contributed by atoms with E-state index in [4.69, 9.17) is 9.47 Å². The van der Waals surface area contributed by atoms with Gasteiger partial charge in [0.05, 0.1) is 18.1 Å². The SMILES string of the molecule is COCC1(C(=O)N(CCc2ccc(C)cc2)CC2CCCO2)CCNCC1. The van der Waals surface area contributed by atoms with Crippen LogP contribution in [0.1, 0.15) is 36.8 Å². The molecule has 150 valence electrons. The summed E-state index contributed by atoms with van der Waals surface area (Å²) in [5.74, 6) is 0.244. The summed E-state index contributed by atoms with van der Waals surface area (Å²) in [6, 6.07) is 8.61. The summed E-state index contributed by atoms with van der Waals surface area (Å²) in [7, 11) is 1.70. The number of benzene rings is 1. The molecular weight excluding hydrogens is 340 g/mol. The number of rotatable bonds is 8. The van der Waals surface area contributed by atoms with Crippen LogP contribution in [0, 0.1) is 12.3 Å². The van der Waals surface area contributed by atoms with Gasteiger partial charge in [-0.15, -0.1) is 0 Å². The van der Waals surface area contributed by atoms with E-state index in [1.807, 2.05) is 0 Å². The van der Waals surface area contributed by atoms with Gasteiger partial charge in [0.2, 0.25) is 5.91 Å². The van der Waals surface area contributed by atoms with Crippen molar-refractivity contribution in [3.63, 3.8) is 0 Å². The first-order valence-electron chi connectivity index (χ1n) is 10.3. The number of hydrogen-bond donors (Lipinski definition) is 1. The minimum atomic E-state index is -0.397. The van der Waals surface area contributed by atoms with E-state index >= 15 is 0 Å². The van der Waals surface area contributed by atoms with E-state index in [-0.39, 0.29) is 12.0 Å². The second kappa shape index (κ2) is 9.67. The molecule has 5 nitrogen and oxygen atoms in total. The van der Waals surface area contributed by atoms with Crippen LogP contribution >= 0.6 is 0 Å². The first kappa shape index (κ1) is 20.3. The molecule has 2 saturated heterocycles. The fourth-order valence-corrected chi connectivity index (χ4v) is 4.27. The molecule has 2 heterocycles. The molecule has 1 N–H and O–H groups in total. The van der Waals surface area contributed by atoms with Crippen LogP contribution in [0.25, 0.3) is 0 Å². The zero-order chi connectivity index (χ0) is 19.1. The van der Waals surface area contributed by atoms with Crippen LogP contribution < -0.4 is 5.32 Å². The van der Waals surface area contributed by atoms with Gasteiger partial charge in [0, 0.05) is 26.8 Å². The molecule has 2 aliphatic rings. The van der Waals surface area contributed by atoms with Gasteiger partial charge in [0.25, 0.3) is 0 Å². The molecule has 1 atom stereocenters. The molecule has 0 bridgehead atoms. The Balaban J connectivity index is 1.72. The Labute approximate surface area is 163 Å². The van der Waals surface area contributed by atoms with Gasteiger partial charge in [-0.2, -0.15) is 0 Å². The molecule has 2 fully saturated rings. The average molecular weight is 375 g/mol. The van der Waals surface area contributed by atoms with Gasteiger partial charge >= 0.3 is 0 Å². The van der Waals surface area contributed by atoms with Gasteiger partial charge in [-0.05, 0) is 57.7 Å². The van der Waals surface area contributed by atoms with Crippen molar-refractivity contribution < 1.29 is 14.3 Å². The van der Waals surface area contributed by atoms with Crippen LogP contribution in [-0.4, -0.2) is 63.4 Å². The van der Waals surface area contributed by atoms with Crippen molar-refractivity contribution >= 4 is 5.91 Å².